The molecule has 7 heteroatoms. The van der Waals surface area contributed by atoms with Crippen LogP contribution >= 0.6 is 27.1 Å². The quantitative estimate of drug-likeness (QED) is 0.811. The number of anilines is 2. The Morgan fingerprint density at radius 1 is 1.06 bits per heavy atom. The highest BCUT2D eigenvalue weighted by molar-refractivity contribution is 9.10. The SMILES string of the molecule is FS(F)(F)c1ccc(Nc2ncccc2Br)cc1. The Labute approximate surface area is 113 Å². The van der Waals surface area contributed by atoms with Gasteiger partial charge in [0.05, 0.1) is 9.37 Å². The average molecular weight is 337 g/mol. The first-order chi connectivity index (χ1) is 8.47. The van der Waals surface area contributed by atoms with Crippen molar-refractivity contribution in [3.8, 4) is 0 Å². The molecule has 0 spiro atoms. The van der Waals surface area contributed by atoms with Gasteiger partial charge in [-0.05, 0) is 52.3 Å². The summed E-state index contributed by atoms with van der Waals surface area (Å²) in [5.41, 5.74) is 0.557. The van der Waals surface area contributed by atoms with Crippen LogP contribution in [0.1, 0.15) is 0 Å². The first-order valence-corrected chi connectivity index (χ1v) is 6.99. The molecular formula is C11H8BrF3N2S. The van der Waals surface area contributed by atoms with Crippen LogP contribution in [-0.4, -0.2) is 4.98 Å². The maximum Gasteiger partial charge on any atom is 0.237 e. The van der Waals surface area contributed by atoms with Crippen LogP contribution in [0.25, 0.3) is 0 Å². The van der Waals surface area contributed by atoms with E-state index in [1.165, 1.54) is 12.1 Å². The summed E-state index contributed by atoms with van der Waals surface area (Å²) < 4.78 is 38.1. The molecule has 1 aromatic carbocycles. The first-order valence-electron chi connectivity index (χ1n) is 4.86. The fraction of sp³-hybridized carbons (Fsp3) is 0. The van der Waals surface area contributed by atoms with Gasteiger partial charge in [0.15, 0.2) is 0 Å². The van der Waals surface area contributed by atoms with Gasteiger partial charge in [-0.15, -0.1) is 11.7 Å². The third-order valence-electron chi connectivity index (χ3n) is 2.14. The Kier molecular flexibility index (Phi) is 3.82. The number of pyridine rings is 1. The lowest BCUT2D eigenvalue weighted by Gasteiger charge is -2.11. The molecule has 1 heterocycles. The van der Waals surface area contributed by atoms with Crippen LogP contribution in [0.4, 0.5) is 23.2 Å². The highest BCUT2D eigenvalue weighted by Crippen LogP contribution is 2.60. The molecule has 0 unspecified atom stereocenters. The second kappa shape index (κ2) is 5.19. The summed E-state index contributed by atoms with van der Waals surface area (Å²) in [6.45, 7) is 0. The zero-order valence-electron chi connectivity index (χ0n) is 8.91. The van der Waals surface area contributed by atoms with Crippen molar-refractivity contribution in [2.75, 3.05) is 5.32 Å². The molecular weight excluding hydrogens is 329 g/mol. The lowest BCUT2D eigenvalue weighted by atomic mass is 10.3. The molecule has 0 saturated carbocycles. The number of halogens is 4. The van der Waals surface area contributed by atoms with E-state index in [1.54, 1.807) is 18.3 Å². The third kappa shape index (κ3) is 3.17. The van der Waals surface area contributed by atoms with E-state index in [0.29, 0.717) is 11.5 Å². The van der Waals surface area contributed by atoms with Crippen LogP contribution in [0.2, 0.25) is 0 Å². The van der Waals surface area contributed by atoms with E-state index in [9.17, 15) is 11.7 Å². The molecule has 0 saturated heterocycles. The van der Waals surface area contributed by atoms with Crippen molar-refractivity contribution >= 4 is 38.6 Å². The Hall–Kier alpha value is -1.21. The average Bonchev–Trinajstić information content (AvgIpc) is 2.32. The fourth-order valence-corrected chi connectivity index (χ4v) is 2.11. The first kappa shape index (κ1) is 13.2. The molecule has 1 aromatic heterocycles. The van der Waals surface area contributed by atoms with Gasteiger partial charge in [0, 0.05) is 11.9 Å². The molecule has 0 aliphatic heterocycles. The van der Waals surface area contributed by atoms with Crippen LogP contribution in [0.3, 0.4) is 0 Å². The number of nitrogens with zero attached hydrogens (tertiary/aromatic N) is 1. The maximum absolute atomic E-state index is 12.5. The number of benzene rings is 1. The van der Waals surface area contributed by atoms with Crippen molar-refractivity contribution in [2.24, 2.45) is 0 Å². The second-order valence-corrected chi connectivity index (χ2v) is 5.53. The zero-order chi connectivity index (χ0) is 13.2. The molecule has 1 N–H and O–H groups in total. The summed E-state index contributed by atoms with van der Waals surface area (Å²) in [5.74, 6) is 0.560. The van der Waals surface area contributed by atoms with Crippen molar-refractivity contribution in [1.29, 1.82) is 0 Å². The van der Waals surface area contributed by atoms with Gasteiger partial charge in [-0.3, -0.25) is 0 Å². The number of hydrogen-bond donors (Lipinski definition) is 1. The van der Waals surface area contributed by atoms with Crippen LogP contribution < -0.4 is 5.32 Å². The van der Waals surface area contributed by atoms with E-state index in [0.717, 1.165) is 16.6 Å². The summed E-state index contributed by atoms with van der Waals surface area (Å²) in [5, 5.41) is 2.93. The van der Waals surface area contributed by atoms with Gasteiger partial charge in [0.1, 0.15) is 5.82 Å². The molecule has 2 rings (SSSR count). The molecule has 0 bridgehead atoms. The molecule has 2 aromatic rings. The largest absolute Gasteiger partial charge is 0.339 e. The number of rotatable bonds is 3. The molecule has 0 aliphatic carbocycles. The van der Waals surface area contributed by atoms with E-state index in [4.69, 9.17) is 0 Å². The molecule has 0 radical (unpaired) electrons. The number of hydrogen-bond acceptors (Lipinski definition) is 2. The van der Waals surface area contributed by atoms with Gasteiger partial charge in [-0.2, -0.15) is 0 Å². The Morgan fingerprint density at radius 3 is 2.28 bits per heavy atom. The summed E-state index contributed by atoms with van der Waals surface area (Å²) in [4.78, 5) is 3.48. The predicted octanol–water partition coefficient (Wildman–Crippen LogP) is 5.40. The van der Waals surface area contributed by atoms with Crippen LogP contribution in [0, 0.1) is 0 Å². The smallest absolute Gasteiger partial charge is 0.237 e. The Morgan fingerprint density at radius 2 is 1.72 bits per heavy atom. The summed E-state index contributed by atoms with van der Waals surface area (Å²) in [6.07, 6.45) is 1.60. The van der Waals surface area contributed by atoms with E-state index in [2.05, 4.69) is 26.2 Å². The third-order valence-corrected chi connectivity index (χ3v) is 3.59. The summed E-state index contributed by atoms with van der Waals surface area (Å²) in [7, 11) is 0. The van der Waals surface area contributed by atoms with Crippen molar-refractivity contribution in [2.45, 2.75) is 4.90 Å². The van der Waals surface area contributed by atoms with Crippen molar-refractivity contribution in [3.63, 3.8) is 0 Å². The van der Waals surface area contributed by atoms with Crippen LogP contribution in [0.15, 0.2) is 52.0 Å². The van der Waals surface area contributed by atoms with Gasteiger partial charge < -0.3 is 5.32 Å². The monoisotopic (exact) mass is 336 g/mol. The van der Waals surface area contributed by atoms with E-state index in [1.807, 2.05) is 0 Å². The van der Waals surface area contributed by atoms with E-state index in [-0.39, 0.29) is 0 Å². The van der Waals surface area contributed by atoms with Crippen molar-refractivity contribution in [3.05, 3.63) is 47.1 Å². The van der Waals surface area contributed by atoms with Gasteiger partial charge in [0.25, 0.3) is 0 Å². The summed E-state index contributed by atoms with van der Waals surface area (Å²) in [6, 6.07) is 8.45. The fourth-order valence-electron chi connectivity index (χ4n) is 1.31. The van der Waals surface area contributed by atoms with Crippen molar-refractivity contribution < 1.29 is 11.7 Å². The maximum atomic E-state index is 12.5. The number of nitrogens with one attached hydrogen (secondary N) is 1. The Balaban J connectivity index is 2.19. The molecule has 18 heavy (non-hydrogen) atoms. The topological polar surface area (TPSA) is 24.9 Å². The molecule has 96 valence electrons. The van der Waals surface area contributed by atoms with Crippen molar-refractivity contribution in [1.82, 2.24) is 4.98 Å². The molecule has 2 nitrogen and oxygen atoms in total. The summed E-state index contributed by atoms with van der Waals surface area (Å²) >= 11 is -1.85. The highest BCUT2D eigenvalue weighted by Gasteiger charge is 2.23. The highest BCUT2D eigenvalue weighted by atomic mass is 79.9. The zero-order valence-corrected chi connectivity index (χ0v) is 11.3. The predicted molar refractivity (Wildman–Crippen MR) is 70.8 cm³/mol. The molecule has 0 fully saturated rings. The van der Waals surface area contributed by atoms with E-state index >= 15 is 0 Å². The standard InChI is InChI=1S/C11H8BrF3N2S/c12-10-2-1-7-16-11(10)17-8-3-5-9(6-4-8)18(13,14)15/h1-7H,(H,16,17). The lowest BCUT2D eigenvalue weighted by Crippen LogP contribution is -1.94. The molecule has 0 atom stereocenters. The molecule has 0 amide bonds. The minimum absolute atomic E-state index is 0.557. The van der Waals surface area contributed by atoms with Gasteiger partial charge in [-0.1, -0.05) is 0 Å². The minimum atomic E-state index is -5.15. The van der Waals surface area contributed by atoms with Crippen LogP contribution in [-0.2, 0) is 0 Å². The van der Waals surface area contributed by atoms with E-state index < -0.39 is 16.1 Å². The van der Waals surface area contributed by atoms with Crippen LogP contribution in [0.5, 0.6) is 0 Å². The normalized spacial score (nSPS) is 12.2. The van der Waals surface area contributed by atoms with Gasteiger partial charge >= 0.3 is 0 Å². The lowest BCUT2D eigenvalue weighted by molar-refractivity contribution is 0.633. The van der Waals surface area contributed by atoms with Gasteiger partial charge in [-0.25, -0.2) is 4.98 Å². The number of aromatic nitrogens is 1. The Bertz CT molecular complexity index is 543. The molecule has 0 aliphatic rings. The minimum Gasteiger partial charge on any atom is -0.339 e. The van der Waals surface area contributed by atoms with Gasteiger partial charge in [0.2, 0.25) is 11.2 Å². The second-order valence-electron chi connectivity index (χ2n) is 3.39.